The van der Waals surface area contributed by atoms with Gasteiger partial charge in [-0.05, 0) is 36.1 Å². The van der Waals surface area contributed by atoms with Crippen LogP contribution in [0.5, 0.6) is 11.5 Å². The number of Topliss-reactive ketones (excluding diaryl/α,β-unsaturated/α-hetero) is 1. The fraction of sp³-hybridized carbons (Fsp3) is 0.292. The summed E-state index contributed by atoms with van der Waals surface area (Å²) in [4.78, 5) is 17.9. The largest absolute Gasteiger partial charge is 0.497 e. The Morgan fingerprint density at radius 2 is 1.90 bits per heavy atom. The van der Waals surface area contributed by atoms with E-state index in [1.165, 1.54) is 6.33 Å². The van der Waals surface area contributed by atoms with E-state index in [9.17, 15) is 4.79 Å². The minimum absolute atomic E-state index is 0.00611. The zero-order valence-electron chi connectivity index (χ0n) is 17.8. The number of ether oxygens (including phenoxy) is 2. The summed E-state index contributed by atoms with van der Waals surface area (Å²) in [6.07, 6.45) is 2.63. The summed E-state index contributed by atoms with van der Waals surface area (Å²) < 4.78 is 12.7. The Morgan fingerprint density at radius 1 is 1.06 bits per heavy atom. The number of rotatable bonds is 4. The number of anilines is 1. The molecule has 2 atom stereocenters. The molecule has 0 amide bonds. The SMILES string of the molecule is COc1ccc([C@H]2CC(=O)C3=C(C2)Nc2ncnn2[C@H]3c2ccccc2C)c(OC)c1. The van der Waals surface area contributed by atoms with Crippen molar-refractivity contribution in [3.8, 4) is 11.5 Å². The molecule has 0 spiro atoms. The lowest BCUT2D eigenvalue weighted by Crippen LogP contribution is -2.34. The highest BCUT2D eigenvalue weighted by Gasteiger charge is 2.40. The van der Waals surface area contributed by atoms with Crippen LogP contribution in [0.15, 0.2) is 60.1 Å². The van der Waals surface area contributed by atoms with Crippen LogP contribution in [0, 0.1) is 6.92 Å². The second-order valence-electron chi connectivity index (χ2n) is 7.94. The van der Waals surface area contributed by atoms with E-state index in [0.29, 0.717) is 18.8 Å². The standard InChI is InChI=1S/C24H24N4O3/c1-14-6-4-5-7-17(14)23-22-19(27-24-25-13-26-28(23)24)10-15(11-20(22)29)18-9-8-16(30-2)12-21(18)31-3/h4-9,12-13,15,23H,10-11H2,1-3H3,(H,25,26,27)/t15-,23+/m1/s1. The van der Waals surface area contributed by atoms with Gasteiger partial charge in [-0.1, -0.05) is 30.3 Å². The maximum Gasteiger partial charge on any atom is 0.226 e. The first-order valence-corrected chi connectivity index (χ1v) is 10.3. The van der Waals surface area contributed by atoms with Gasteiger partial charge in [0.2, 0.25) is 5.95 Å². The van der Waals surface area contributed by atoms with Gasteiger partial charge in [0.25, 0.3) is 0 Å². The number of allylic oxidation sites excluding steroid dienone is 2. The van der Waals surface area contributed by atoms with Crippen LogP contribution in [0.3, 0.4) is 0 Å². The second kappa shape index (κ2) is 7.58. The molecule has 7 heteroatoms. The number of aromatic nitrogens is 3. The van der Waals surface area contributed by atoms with E-state index >= 15 is 0 Å². The van der Waals surface area contributed by atoms with E-state index in [1.807, 2.05) is 35.0 Å². The third-order valence-electron chi connectivity index (χ3n) is 6.23. The fourth-order valence-corrected chi connectivity index (χ4v) is 4.71. The molecule has 0 fully saturated rings. The highest BCUT2D eigenvalue weighted by molar-refractivity contribution is 6.00. The van der Waals surface area contributed by atoms with Crippen LogP contribution in [0.25, 0.3) is 0 Å². The van der Waals surface area contributed by atoms with Crippen molar-refractivity contribution in [3.05, 3.63) is 76.8 Å². The minimum Gasteiger partial charge on any atom is -0.497 e. The van der Waals surface area contributed by atoms with Crippen molar-refractivity contribution in [2.24, 2.45) is 0 Å². The molecule has 1 aromatic heterocycles. The molecular weight excluding hydrogens is 392 g/mol. The maximum atomic E-state index is 13.5. The number of nitrogens with one attached hydrogen (secondary N) is 1. The van der Waals surface area contributed by atoms with Crippen LogP contribution in [-0.4, -0.2) is 34.8 Å². The average molecular weight is 416 g/mol. The minimum atomic E-state index is -0.277. The molecule has 3 aromatic rings. The van der Waals surface area contributed by atoms with Gasteiger partial charge in [0.15, 0.2) is 5.78 Å². The summed E-state index contributed by atoms with van der Waals surface area (Å²) in [6.45, 7) is 2.06. The van der Waals surface area contributed by atoms with Crippen molar-refractivity contribution in [3.63, 3.8) is 0 Å². The molecule has 2 aliphatic rings. The Bertz CT molecular complexity index is 1200. The molecule has 31 heavy (non-hydrogen) atoms. The van der Waals surface area contributed by atoms with Gasteiger partial charge in [-0.15, -0.1) is 0 Å². The van der Waals surface area contributed by atoms with E-state index in [-0.39, 0.29) is 17.7 Å². The van der Waals surface area contributed by atoms with Gasteiger partial charge in [-0.25, -0.2) is 4.68 Å². The lowest BCUT2D eigenvalue weighted by Gasteiger charge is -2.35. The molecule has 0 saturated carbocycles. The molecule has 0 unspecified atom stereocenters. The Morgan fingerprint density at radius 3 is 2.68 bits per heavy atom. The molecule has 1 N–H and O–H groups in total. The van der Waals surface area contributed by atoms with Crippen molar-refractivity contribution in [2.45, 2.75) is 31.7 Å². The normalized spacial score (nSPS) is 20.0. The number of carbonyl (C=O) groups is 1. The van der Waals surface area contributed by atoms with Gasteiger partial charge in [-0.3, -0.25) is 4.79 Å². The number of benzene rings is 2. The summed E-state index contributed by atoms with van der Waals surface area (Å²) in [6, 6.07) is 13.6. The zero-order chi connectivity index (χ0) is 21.5. The molecule has 0 bridgehead atoms. The summed E-state index contributed by atoms with van der Waals surface area (Å²) >= 11 is 0. The fourth-order valence-electron chi connectivity index (χ4n) is 4.71. The zero-order valence-corrected chi connectivity index (χ0v) is 17.8. The van der Waals surface area contributed by atoms with E-state index < -0.39 is 0 Å². The number of methoxy groups -OCH3 is 2. The monoisotopic (exact) mass is 416 g/mol. The Balaban J connectivity index is 1.59. The van der Waals surface area contributed by atoms with Crippen molar-refractivity contribution in [2.75, 3.05) is 19.5 Å². The number of nitrogens with zero attached hydrogens (tertiary/aromatic N) is 3. The van der Waals surface area contributed by atoms with Crippen LogP contribution in [-0.2, 0) is 4.79 Å². The average Bonchev–Trinajstić information content (AvgIpc) is 3.26. The number of ketones is 1. The molecule has 5 rings (SSSR count). The highest BCUT2D eigenvalue weighted by Crippen LogP contribution is 2.46. The van der Waals surface area contributed by atoms with E-state index in [4.69, 9.17) is 9.47 Å². The molecule has 2 heterocycles. The van der Waals surface area contributed by atoms with E-state index in [0.717, 1.165) is 39.5 Å². The molecule has 1 aliphatic heterocycles. The van der Waals surface area contributed by atoms with Crippen molar-refractivity contribution < 1.29 is 14.3 Å². The number of hydrogen-bond donors (Lipinski definition) is 1. The third kappa shape index (κ3) is 3.17. The van der Waals surface area contributed by atoms with Gasteiger partial charge in [0.1, 0.15) is 23.9 Å². The quantitative estimate of drug-likeness (QED) is 0.692. The Labute approximate surface area is 180 Å². The van der Waals surface area contributed by atoms with Gasteiger partial charge >= 0.3 is 0 Å². The van der Waals surface area contributed by atoms with Crippen LogP contribution in [0.4, 0.5) is 5.95 Å². The van der Waals surface area contributed by atoms with Crippen molar-refractivity contribution in [1.82, 2.24) is 14.8 Å². The van der Waals surface area contributed by atoms with Gasteiger partial charge in [-0.2, -0.15) is 10.1 Å². The van der Waals surface area contributed by atoms with Gasteiger partial charge in [0, 0.05) is 29.7 Å². The second-order valence-corrected chi connectivity index (χ2v) is 7.94. The summed E-state index contributed by atoms with van der Waals surface area (Å²) in [5, 5.41) is 7.80. The Hall–Kier alpha value is -3.61. The van der Waals surface area contributed by atoms with Gasteiger partial charge in [0.05, 0.1) is 14.2 Å². The smallest absolute Gasteiger partial charge is 0.226 e. The first kappa shape index (κ1) is 19.4. The Kier molecular flexibility index (Phi) is 4.73. The van der Waals surface area contributed by atoms with E-state index in [1.54, 1.807) is 14.2 Å². The van der Waals surface area contributed by atoms with Crippen LogP contribution < -0.4 is 14.8 Å². The van der Waals surface area contributed by atoms with Crippen molar-refractivity contribution in [1.29, 1.82) is 0 Å². The number of hydrogen-bond acceptors (Lipinski definition) is 6. The molecular formula is C24H24N4O3. The lowest BCUT2D eigenvalue weighted by molar-refractivity contribution is -0.116. The molecule has 0 radical (unpaired) electrons. The topological polar surface area (TPSA) is 78.3 Å². The van der Waals surface area contributed by atoms with E-state index in [2.05, 4.69) is 34.5 Å². The molecule has 2 aromatic carbocycles. The number of fused-ring (bicyclic) bond motifs is 1. The molecule has 158 valence electrons. The van der Waals surface area contributed by atoms with Crippen LogP contribution in [0.1, 0.15) is 41.5 Å². The predicted molar refractivity (Wildman–Crippen MR) is 117 cm³/mol. The van der Waals surface area contributed by atoms with Crippen LogP contribution in [0.2, 0.25) is 0 Å². The maximum absolute atomic E-state index is 13.5. The first-order chi connectivity index (χ1) is 15.1. The summed E-state index contributed by atoms with van der Waals surface area (Å²) in [5.74, 6) is 2.24. The first-order valence-electron chi connectivity index (χ1n) is 10.3. The highest BCUT2D eigenvalue weighted by atomic mass is 16.5. The third-order valence-corrected chi connectivity index (χ3v) is 6.23. The summed E-state index contributed by atoms with van der Waals surface area (Å²) in [5.41, 5.74) is 4.87. The van der Waals surface area contributed by atoms with Gasteiger partial charge < -0.3 is 14.8 Å². The number of carbonyl (C=O) groups excluding carboxylic acids is 1. The van der Waals surface area contributed by atoms with Crippen molar-refractivity contribution >= 4 is 11.7 Å². The molecule has 7 nitrogen and oxygen atoms in total. The predicted octanol–water partition coefficient (Wildman–Crippen LogP) is 4.02. The lowest BCUT2D eigenvalue weighted by atomic mass is 9.77. The summed E-state index contributed by atoms with van der Waals surface area (Å²) in [7, 11) is 3.27. The molecule has 1 aliphatic carbocycles. The van der Waals surface area contributed by atoms with Crippen LogP contribution >= 0.6 is 0 Å². The molecule has 0 saturated heterocycles. The number of aryl methyl sites for hydroxylation is 1.